The molecule has 0 aromatic heterocycles. The van der Waals surface area contributed by atoms with Crippen molar-refractivity contribution in [2.75, 3.05) is 19.9 Å². The van der Waals surface area contributed by atoms with Crippen molar-refractivity contribution in [3.8, 4) is 5.75 Å². The summed E-state index contributed by atoms with van der Waals surface area (Å²) >= 11 is 0. The Labute approximate surface area is 116 Å². The van der Waals surface area contributed by atoms with E-state index < -0.39 is 14.6 Å². The molecule has 1 aromatic rings. The van der Waals surface area contributed by atoms with E-state index in [2.05, 4.69) is 5.32 Å². The number of rotatable bonds is 6. The summed E-state index contributed by atoms with van der Waals surface area (Å²) in [6.07, 6.45) is 1.28. The molecule has 5 heteroatoms. The smallest absolute Gasteiger partial charge is 0.154 e. The SMILES string of the molecule is CCNC(c1ccc(OC)cc1)C(C)(C)S(C)(=O)=O. The first kappa shape index (κ1) is 16.0. The fourth-order valence-corrected chi connectivity index (χ4v) is 2.63. The quantitative estimate of drug-likeness (QED) is 0.870. The van der Waals surface area contributed by atoms with E-state index in [9.17, 15) is 8.42 Å². The van der Waals surface area contributed by atoms with Crippen molar-refractivity contribution >= 4 is 9.84 Å². The Morgan fingerprint density at radius 1 is 1.26 bits per heavy atom. The van der Waals surface area contributed by atoms with Gasteiger partial charge in [-0.15, -0.1) is 0 Å². The van der Waals surface area contributed by atoms with E-state index in [4.69, 9.17) is 4.74 Å². The van der Waals surface area contributed by atoms with E-state index in [1.807, 2.05) is 31.2 Å². The molecule has 1 N–H and O–H groups in total. The largest absolute Gasteiger partial charge is 0.497 e. The summed E-state index contributed by atoms with van der Waals surface area (Å²) in [7, 11) is -1.57. The summed E-state index contributed by atoms with van der Waals surface area (Å²) in [6.45, 7) is 6.17. The number of hydrogen-bond acceptors (Lipinski definition) is 4. The third-order valence-electron chi connectivity index (χ3n) is 3.51. The molecule has 0 saturated carbocycles. The minimum Gasteiger partial charge on any atom is -0.497 e. The van der Waals surface area contributed by atoms with Crippen LogP contribution in [-0.4, -0.2) is 33.1 Å². The van der Waals surface area contributed by atoms with E-state index in [-0.39, 0.29) is 6.04 Å². The lowest BCUT2D eigenvalue weighted by atomic mass is 9.95. The molecule has 1 rings (SSSR count). The standard InChI is InChI=1S/C14H23NO3S/c1-6-15-13(14(2,3)19(5,16)17)11-7-9-12(18-4)10-8-11/h7-10,13,15H,6H2,1-5H3. The Kier molecular flexibility index (Phi) is 4.98. The maximum absolute atomic E-state index is 12.0. The third kappa shape index (κ3) is 3.48. The number of hydrogen-bond donors (Lipinski definition) is 1. The number of methoxy groups -OCH3 is 1. The Bertz CT molecular complexity index is 506. The third-order valence-corrected chi connectivity index (χ3v) is 5.66. The lowest BCUT2D eigenvalue weighted by molar-refractivity contribution is 0.411. The summed E-state index contributed by atoms with van der Waals surface area (Å²) in [5.74, 6) is 0.760. The van der Waals surface area contributed by atoms with E-state index in [1.54, 1.807) is 21.0 Å². The van der Waals surface area contributed by atoms with Gasteiger partial charge in [0.1, 0.15) is 5.75 Å². The fraction of sp³-hybridized carbons (Fsp3) is 0.571. The minimum absolute atomic E-state index is 0.251. The van der Waals surface area contributed by atoms with Crippen LogP contribution in [0.2, 0.25) is 0 Å². The molecule has 0 aliphatic heterocycles. The van der Waals surface area contributed by atoms with Crippen LogP contribution in [0.25, 0.3) is 0 Å². The molecule has 4 nitrogen and oxygen atoms in total. The van der Waals surface area contributed by atoms with Crippen LogP contribution in [0.5, 0.6) is 5.75 Å². The predicted molar refractivity (Wildman–Crippen MR) is 78.3 cm³/mol. The zero-order valence-electron chi connectivity index (χ0n) is 12.2. The summed E-state index contributed by atoms with van der Waals surface area (Å²) in [5, 5.41) is 3.26. The highest BCUT2D eigenvalue weighted by Gasteiger charge is 2.39. The van der Waals surface area contributed by atoms with Gasteiger partial charge in [-0.3, -0.25) is 0 Å². The molecule has 0 heterocycles. The normalized spacial score (nSPS) is 14.2. The van der Waals surface area contributed by atoms with E-state index in [0.717, 1.165) is 11.3 Å². The van der Waals surface area contributed by atoms with Crippen LogP contribution in [0, 0.1) is 0 Å². The van der Waals surface area contributed by atoms with Crippen molar-refractivity contribution in [2.45, 2.75) is 31.6 Å². The number of benzene rings is 1. The molecule has 1 atom stereocenters. The van der Waals surface area contributed by atoms with Gasteiger partial charge < -0.3 is 10.1 Å². The van der Waals surface area contributed by atoms with E-state index in [1.165, 1.54) is 6.26 Å². The predicted octanol–water partition coefficient (Wildman–Crippen LogP) is 2.17. The number of sulfone groups is 1. The Balaban J connectivity index is 3.20. The molecular weight excluding hydrogens is 262 g/mol. The van der Waals surface area contributed by atoms with Crippen molar-refractivity contribution in [1.82, 2.24) is 5.32 Å². The maximum Gasteiger partial charge on any atom is 0.154 e. The van der Waals surface area contributed by atoms with Gasteiger partial charge in [0.2, 0.25) is 0 Å². The zero-order valence-corrected chi connectivity index (χ0v) is 13.0. The van der Waals surface area contributed by atoms with Gasteiger partial charge in [0.05, 0.1) is 17.9 Å². The van der Waals surface area contributed by atoms with Crippen LogP contribution >= 0.6 is 0 Å². The van der Waals surface area contributed by atoms with Crippen molar-refractivity contribution in [1.29, 1.82) is 0 Å². The molecule has 0 aliphatic carbocycles. The minimum atomic E-state index is -3.18. The monoisotopic (exact) mass is 285 g/mol. The van der Waals surface area contributed by atoms with Gasteiger partial charge in [0.25, 0.3) is 0 Å². The molecule has 1 aromatic carbocycles. The molecule has 0 spiro atoms. The second kappa shape index (κ2) is 5.92. The van der Waals surface area contributed by atoms with Gasteiger partial charge >= 0.3 is 0 Å². The fourth-order valence-electron chi connectivity index (χ4n) is 1.98. The van der Waals surface area contributed by atoms with Gasteiger partial charge in [-0.25, -0.2) is 8.42 Å². The first-order valence-corrected chi connectivity index (χ1v) is 8.20. The summed E-state index contributed by atoms with van der Waals surface area (Å²) in [5.41, 5.74) is 0.943. The van der Waals surface area contributed by atoms with Crippen molar-refractivity contribution in [2.24, 2.45) is 0 Å². The highest BCUT2D eigenvalue weighted by atomic mass is 32.2. The lowest BCUT2D eigenvalue weighted by Gasteiger charge is -2.33. The summed E-state index contributed by atoms with van der Waals surface area (Å²) in [6, 6.07) is 7.24. The highest BCUT2D eigenvalue weighted by molar-refractivity contribution is 7.92. The molecule has 0 bridgehead atoms. The van der Waals surface area contributed by atoms with Gasteiger partial charge in [-0.2, -0.15) is 0 Å². The molecule has 0 saturated heterocycles. The molecule has 108 valence electrons. The maximum atomic E-state index is 12.0. The zero-order chi connectivity index (χ0) is 14.7. The highest BCUT2D eigenvalue weighted by Crippen LogP contribution is 2.32. The van der Waals surface area contributed by atoms with Crippen LogP contribution < -0.4 is 10.1 Å². The molecule has 0 radical (unpaired) electrons. The molecule has 0 aliphatic rings. The summed E-state index contributed by atoms with van der Waals surface area (Å²) in [4.78, 5) is 0. The number of nitrogens with one attached hydrogen (secondary N) is 1. The number of ether oxygens (including phenoxy) is 1. The van der Waals surface area contributed by atoms with Gasteiger partial charge in [-0.1, -0.05) is 19.1 Å². The second-order valence-electron chi connectivity index (χ2n) is 5.14. The second-order valence-corrected chi connectivity index (χ2v) is 7.74. The van der Waals surface area contributed by atoms with Gasteiger partial charge in [0, 0.05) is 6.26 Å². The van der Waals surface area contributed by atoms with Gasteiger partial charge in [0.15, 0.2) is 9.84 Å². The van der Waals surface area contributed by atoms with Gasteiger partial charge in [-0.05, 0) is 38.1 Å². The topological polar surface area (TPSA) is 55.4 Å². The Morgan fingerprint density at radius 2 is 1.79 bits per heavy atom. The molecule has 19 heavy (non-hydrogen) atoms. The van der Waals surface area contributed by atoms with Crippen molar-refractivity contribution in [3.63, 3.8) is 0 Å². The lowest BCUT2D eigenvalue weighted by Crippen LogP contribution is -2.44. The van der Waals surface area contributed by atoms with Crippen LogP contribution in [0.4, 0.5) is 0 Å². The average molecular weight is 285 g/mol. The molecule has 0 amide bonds. The summed E-state index contributed by atoms with van der Waals surface area (Å²) < 4.78 is 28.2. The first-order chi connectivity index (χ1) is 8.74. The van der Waals surface area contributed by atoms with Crippen LogP contribution in [-0.2, 0) is 9.84 Å². The van der Waals surface area contributed by atoms with Crippen molar-refractivity contribution < 1.29 is 13.2 Å². The molecular formula is C14H23NO3S. The molecule has 0 fully saturated rings. The van der Waals surface area contributed by atoms with Crippen molar-refractivity contribution in [3.05, 3.63) is 29.8 Å². The first-order valence-electron chi connectivity index (χ1n) is 6.31. The molecule has 1 unspecified atom stereocenters. The van der Waals surface area contributed by atoms with Crippen LogP contribution in [0.15, 0.2) is 24.3 Å². The van der Waals surface area contributed by atoms with E-state index >= 15 is 0 Å². The van der Waals surface area contributed by atoms with Crippen LogP contribution in [0.3, 0.4) is 0 Å². The average Bonchev–Trinajstić information content (AvgIpc) is 2.34. The van der Waals surface area contributed by atoms with E-state index in [0.29, 0.717) is 6.54 Å². The Morgan fingerprint density at radius 3 is 2.16 bits per heavy atom. The Hall–Kier alpha value is -1.07. The van der Waals surface area contributed by atoms with Crippen LogP contribution in [0.1, 0.15) is 32.4 Å².